The van der Waals surface area contributed by atoms with Crippen LogP contribution in [0.3, 0.4) is 0 Å². The van der Waals surface area contributed by atoms with Crippen LogP contribution in [0.2, 0.25) is 0 Å². The molecule has 0 saturated heterocycles. The van der Waals surface area contributed by atoms with Crippen molar-refractivity contribution < 1.29 is 22.7 Å². The number of anilines is 1. The third kappa shape index (κ3) is 4.33. The fourth-order valence-electron chi connectivity index (χ4n) is 2.13. The number of hydrogen-bond donors (Lipinski definition) is 1. The third-order valence-corrected chi connectivity index (χ3v) is 5.63. The number of hydrogen-bond acceptors (Lipinski definition) is 3. The molecule has 128 valence electrons. The molecule has 5 nitrogen and oxygen atoms in total. The minimum Gasteiger partial charge on any atom is -0.481 e. The monoisotopic (exact) mass is 415 g/mol. The number of rotatable bonds is 7. The Morgan fingerprint density at radius 2 is 1.75 bits per heavy atom. The van der Waals surface area contributed by atoms with Crippen LogP contribution in [0.5, 0.6) is 0 Å². The number of halogens is 2. The molecule has 0 aromatic heterocycles. The van der Waals surface area contributed by atoms with Crippen LogP contribution >= 0.6 is 15.9 Å². The molecule has 0 heterocycles. The van der Waals surface area contributed by atoms with Gasteiger partial charge in [0.25, 0.3) is 10.0 Å². The van der Waals surface area contributed by atoms with E-state index in [2.05, 4.69) is 15.9 Å². The van der Waals surface area contributed by atoms with Crippen LogP contribution in [-0.4, -0.2) is 26.0 Å². The SMILES string of the molecule is O=C(O)CCCN(c1ccccc1F)S(=O)(=O)c1ccc(Br)cc1. The topological polar surface area (TPSA) is 74.7 Å². The number of para-hydroxylation sites is 1. The Labute approximate surface area is 147 Å². The zero-order valence-electron chi connectivity index (χ0n) is 12.5. The molecule has 0 saturated carbocycles. The standard InChI is InChI=1S/C16H15BrFNO4S/c17-12-7-9-13(10-8-12)24(22,23)19(11-3-6-16(20)21)15-5-2-1-4-14(15)18/h1-2,4-5,7-10H,3,6,11H2,(H,20,21). The van der Waals surface area contributed by atoms with Crippen LogP contribution in [0.15, 0.2) is 57.9 Å². The van der Waals surface area contributed by atoms with Crippen LogP contribution in [0.1, 0.15) is 12.8 Å². The van der Waals surface area contributed by atoms with E-state index < -0.39 is 21.8 Å². The molecule has 2 aromatic carbocycles. The molecule has 2 aromatic rings. The van der Waals surface area contributed by atoms with Gasteiger partial charge in [-0.2, -0.15) is 0 Å². The maximum atomic E-state index is 14.1. The quantitative estimate of drug-likeness (QED) is 0.748. The maximum Gasteiger partial charge on any atom is 0.303 e. The van der Waals surface area contributed by atoms with Gasteiger partial charge in [-0.1, -0.05) is 28.1 Å². The largest absolute Gasteiger partial charge is 0.481 e. The van der Waals surface area contributed by atoms with E-state index in [-0.39, 0.29) is 30.0 Å². The number of carbonyl (C=O) groups is 1. The van der Waals surface area contributed by atoms with Crippen LogP contribution in [0.4, 0.5) is 10.1 Å². The molecule has 1 N–H and O–H groups in total. The van der Waals surface area contributed by atoms with Gasteiger partial charge < -0.3 is 5.11 Å². The van der Waals surface area contributed by atoms with Gasteiger partial charge >= 0.3 is 5.97 Å². The average molecular weight is 416 g/mol. The summed E-state index contributed by atoms with van der Waals surface area (Å²) in [4.78, 5) is 10.7. The van der Waals surface area contributed by atoms with Gasteiger partial charge in [0.2, 0.25) is 0 Å². The first-order valence-corrected chi connectivity index (χ1v) is 9.30. The highest BCUT2D eigenvalue weighted by molar-refractivity contribution is 9.10. The zero-order valence-corrected chi connectivity index (χ0v) is 14.9. The second-order valence-corrected chi connectivity index (χ2v) is 7.76. The molecular formula is C16H15BrFNO4S. The smallest absolute Gasteiger partial charge is 0.303 e. The lowest BCUT2D eigenvalue weighted by Crippen LogP contribution is -2.33. The Hall–Kier alpha value is -1.93. The second-order valence-electron chi connectivity index (χ2n) is 4.98. The van der Waals surface area contributed by atoms with Crippen molar-refractivity contribution in [3.63, 3.8) is 0 Å². The van der Waals surface area contributed by atoms with E-state index in [0.29, 0.717) is 4.47 Å². The van der Waals surface area contributed by atoms with Crippen molar-refractivity contribution in [3.05, 3.63) is 58.8 Å². The Morgan fingerprint density at radius 3 is 2.33 bits per heavy atom. The van der Waals surface area contributed by atoms with Crippen molar-refractivity contribution >= 4 is 37.6 Å². The predicted octanol–water partition coefficient (Wildman–Crippen LogP) is 3.65. The number of carboxylic acid groups (broad SMARTS) is 1. The van der Waals surface area contributed by atoms with E-state index in [4.69, 9.17) is 5.11 Å². The van der Waals surface area contributed by atoms with Crippen molar-refractivity contribution in [1.29, 1.82) is 0 Å². The number of aliphatic carboxylic acids is 1. The van der Waals surface area contributed by atoms with E-state index in [1.54, 1.807) is 12.1 Å². The highest BCUT2D eigenvalue weighted by atomic mass is 79.9. The van der Waals surface area contributed by atoms with Gasteiger partial charge in [0.1, 0.15) is 5.82 Å². The number of carboxylic acids is 1. The molecule has 2 rings (SSSR count). The summed E-state index contributed by atoms with van der Waals surface area (Å²) < 4.78 is 41.5. The van der Waals surface area contributed by atoms with E-state index in [0.717, 1.165) is 10.4 Å². The first-order chi connectivity index (χ1) is 11.3. The Balaban J connectivity index is 2.42. The lowest BCUT2D eigenvalue weighted by molar-refractivity contribution is -0.137. The molecule has 0 atom stereocenters. The molecule has 0 aliphatic rings. The fourth-order valence-corrected chi connectivity index (χ4v) is 3.91. The summed E-state index contributed by atoms with van der Waals surface area (Å²) in [6.07, 6.45) is -0.139. The fraction of sp³-hybridized carbons (Fsp3) is 0.188. The minimum absolute atomic E-state index is 0.00396. The summed E-state index contributed by atoms with van der Waals surface area (Å²) in [7, 11) is -4.01. The van der Waals surface area contributed by atoms with Crippen molar-refractivity contribution in [2.75, 3.05) is 10.8 Å². The van der Waals surface area contributed by atoms with Crippen molar-refractivity contribution in [2.45, 2.75) is 17.7 Å². The summed E-state index contributed by atoms with van der Waals surface area (Å²) in [5, 5.41) is 8.75. The molecule has 0 spiro atoms. The summed E-state index contributed by atoms with van der Waals surface area (Å²) in [6.45, 7) is -0.133. The van der Waals surface area contributed by atoms with Gasteiger partial charge in [0.05, 0.1) is 10.6 Å². The molecule has 0 bridgehead atoms. The van der Waals surface area contributed by atoms with Crippen LogP contribution < -0.4 is 4.31 Å². The molecular weight excluding hydrogens is 401 g/mol. The van der Waals surface area contributed by atoms with Crippen LogP contribution in [-0.2, 0) is 14.8 Å². The van der Waals surface area contributed by atoms with E-state index in [1.807, 2.05) is 0 Å². The predicted molar refractivity (Wildman–Crippen MR) is 91.9 cm³/mol. The molecule has 0 aliphatic heterocycles. The summed E-state index contributed by atoms with van der Waals surface area (Å²) in [5.41, 5.74) is -0.106. The van der Waals surface area contributed by atoms with E-state index >= 15 is 0 Å². The second kappa shape index (κ2) is 7.76. The Kier molecular flexibility index (Phi) is 5.95. The number of nitrogens with zero attached hydrogens (tertiary/aromatic N) is 1. The Bertz CT molecular complexity index is 824. The molecule has 0 aliphatic carbocycles. The van der Waals surface area contributed by atoms with Gasteiger partial charge in [-0.05, 0) is 42.8 Å². The summed E-state index contributed by atoms with van der Waals surface area (Å²) in [5.74, 6) is -1.72. The summed E-state index contributed by atoms with van der Waals surface area (Å²) in [6, 6.07) is 11.5. The molecule has 0 amide bonds. The summed E-state index contributed by atoms with van der Waals surface area (Å²) >= 11 is 3.23. The minimum atomic E-state index is -4.01. The molecule has 8 heteroatoms. The zero-order chi connectivity index (χ0) is 17.7. The van der Waals surface area contributed by atoms with E-state index in [9.17, 15) is 17.6 Å². The maximum absolute atomic E-state index is 14.1. The molecule has 0 fully saturated rings. The number of sulfonamides is 1. The number of benzene rings is 2. The normalized spacial score (nSPS) is 11.2. The lowest BCUT2D eigenvalue weighted by atomic mass is 10.2. The van der Waals surface area contributed by atoms with Crippen molar-refractivity contribution in [1.82, 2.24) is 0 Å². The molecule has 24 heavy (non-hydrogen) atoms. The van der Waals surface area contributed by atoms with Gasteiger partial charge in [-0.15, -0.1) is 0 Å². The van der Waals surface area contributed by atoms with E-state index in [1.165, 1.54) is 30.3 Å². The van der Waals surface area contributed by atoms with Crippen molar-refractivity contribution in [2.24, 2.45) is 0 Å². The molecule has 0 unspecified atom stereocenters. The van der Waals surface area contributed by atoms with Gasteiger partial charge in [-0.25, -0.2) is 12.8 Å². The third-order valence-electron chi connectivity index (χ3n) is 3.27. The van der Waals surface area contributed by atoms with Crippen molar-refractivity contribution in [3.8, 4) is 0 Å². The average Bonchev–Trinajstić information content (AvgIpc) is 2.52. The Morgan fingerprint density at radius 1 is 1.12 bits per heavy atom. The highest BCUT2D eigenvalue weighted by Crippen LogP contribution is 2.27. The van der Waals surface area contributed by atoms with Crippen LogP contribution in [0, 0.1) is 5.82 Å². The van der Waals surface area contributed by atoms with Crippen LogP contribution in [0.25, 0.3) is 0 Å². The first-order valence-electron chi connectivity index (χ1n) is 7.07. The van der Waals surface area contributed by atoms with Gasteiger partial charge in [-0.3, -0.25) is 9.10 Å². The lowest BCUT2D eigenvalue weighted by Gasteiger charge is -2.24. The van der Waals surface area contributed by atoms with Gasteiger partial charge in [0, 0.05) is 17.4 Å². The molecule has 0 radical (unpaired) electrons. The first kappa shape index (κ1) is 18.4. The van der Waals surface area contributed by atoms with Gasteiger partial charge in [0.15, 0.2) is 0 Å². The highest BCUT2D eigenvalue weighted by Gasteiger charge is 2.26.